The molecule has 1 aromatic heterocycles. The van der Waals surface area contributed by atoms with E-state index in [9.17, 15) is 22.8 Å². The summed E-state index contributed by atoms with van der Waals surface area (Å²) in [4.78, 5) is 30.1. The van der Waals surface area contributed by atoms with E-state index in [0.717, 1.165) is 43.3 Å². The Morgan fingerprint density at radius 1 is 0.975 bits per heavy atom. The lowest BCUT2D eigenvalue weighted by Crippen LogP contribution is -2.54. The van der Waals surface area contributed by atoms with Crippen molar-refractivity contribution in [2.75, 3.05) is 18.4 Å². The second-order valence-electron chi connectivity index (χ2n) is 10.7. The van der Waals surface area contributed by atoms with Crippen molar-refractivity contribution in [1.82, 2.24) is 15.2 Å². The molecule has 3 amide bonds. The number of H-pyrrole nitrogens is 1. The van der Waals surface area contributed by atoms with Gasteiger partial charge in [0, 0.05) is 41.9 Å². The van der Waals surface area contributed by atoms with E-state index >= 15 is 0 Å². The summed E-state index contributed by atoms with van der Waals surface area (Å²) in [7, 11) is 0. The van der Waals surface area contributed by atoms with Crippen molar-refractivity contribution >= 4 is 28.5 Å². The average molecular weight is 558 g/mol. The monoisotopic (exact) mass is 557 g/mol. The quantitative estimate of drug-likeness (QED) is 0.308. The zero-order valence-electron chi connectivity index (χ0n) is 22.0. The zero-order chi connectivity index (χ0) is 28.3. The summed E-state index contributed by atoms with van der Waals surface area (Å²) in [5, 5.41) is 7.52. The number of piperidine rings is 1. The molecule has 40 heavy (non-hydrogen) atoms. The van der Waals surface area contributed by atoms with Crippen LogP contribution in [0.2, 0.25) is 0 Å². The number of benzene rings is 2. The number of carbonyl (C=O) groups excluding carboxylic acids is 2. The predicted molar refractivity (Wildman–Crippen MR) is 146 cm³/mol. The molecule has 5 N–H and O–H groups in total. The third-order valence-electron chi connectivity index (χ3n) is 8.15. The molecule has 0 spiro atoms. The summed E-state index contributed by atoms with van der Waals surface area (Å²) in [6, 6.07) is 12.7. The van der Waals surface area contributed by atoms with E-state index in [4.69, 9.17) is 5.73 Å². The highest BCUT2D eigenvalue weighted by molar-refractivity contribution is 5.89. The Kier molecular flexibility index (Phi) is 8.20. The van der Waals surface area contributed by atoms with Gasteiger partial charge in [-0.1, -0.05) is 18.2 Å². The number of primary amides is 1. The molecule has 0 unspecified atom stereocenters. The summed E-state index contributed by atoms with van der Waals surface area (Å²) >= 11 is 0. The van der Waals surface area contributed by atoms with Crippen LogP contribution in [0.15, 0.2) is 54.7 Å². The number of alkyl halides is 3. The van der Waals surface area contributed by atoms with Crippen LogP contribution in [0.5, 0.6) is 5.75 Å². The number of nitrogens with zero attached hydrogens (tertiary/aromatic N) is 1. The Labute approximate surface area is 230 Å². The van der Waals surface area contributed by atoms with Crippen molar-refractivity contribution < 1.29 is 27.5 Å². The number of nitrogens with two attached hydrogens (primary N) is 1. The first-order chi connectivity index (χ1) is 19.2. The minimum absolute atomic E-state index is 0.0201. The molecule has 0 bridgehead atoms. The first-order valence-corrected chi connectivity index (χ1v) is 13.7. The largest absolute Gasteiger partial charge is 0.573 e. The summed E-state index contributed by atoms with van der Waals surface area (Å²) < 4.78 is 40.9. The van der Waals surface area contributed by atoms with Crippen molar-refractivity contribution in [2.24, 2.45) is 11.7 Å². The molecular formula is C29H34F3N5O3. The SMILES string of the molecule is NC(=O)[C@H](NC1CCC(c2c[nH]c3ccccc23)CC1)C1CCN(C(=O)Nc2ccc(OC(F)(F)F)cc2)CC1. The van der Waals surface area contributed by atoms with Crippen molar-refractivity contribution in [3.05, 3.63) is 60.3 Å². The molecule has 8 nitrogen and oxygen atoms in total. The average Bonchev–Trinajstić information content (AvgIpc) is 3.36. The van der Waals surface area contributed by atoms with Crippen LogP contribution >= 0.6 is 0 Å². The summed E-state index contributed by atoms with van der Waals surface area (Å²) in [5.41, 5.74) is 8.69. The van der Waals surface area contributed by atoms with Crippen LogP contribution in [0.1, 0.15) is 50.0 Å². The standard InChI is InChI=1S/C29H34F3N5O3/c30-29(31,32)40-22-11-9-21(10-12-22)36-28(39)37-15-13-19(14-16-37)26(27(33)38)35-20-7-5-18(6-8-20)24-17-34-25-4-2-1-3-23(24)25/h1-4,9-12,17-20,26,34-35H,5-8,13-16H2,(H2,33,38)(H,36,39)/t18?,20?,26-/m1/s1. The van der Waals surface area contributed by atoms with E-state index < -0.39 is 12.4 Å². The molecule has 1 aliphatic heterocycles. The number of hydrogen-bond acceptors (Lipinski definition) is 4. The molecule has 2 aliphatic rings. The normalized spacial score (nSPS) is 21.2. The van der Waals surface area contributed by atoms with E-state index in [0.29, 0.717) is 37.5 Å². The lowest BCUT2D eigenvalue weighted by atomic mass is 9.80. The minimum atomic E-state index is -4.77. The third kappa shape index (κ3) is 6.70. The molecule has 2 aromatic carbocycles. The van der Waals surface area contributed by atoms with Crippen LogP contribution in [0.3, 0.4) is 0 Å². The molecule has 2 heterocycles. The maximum Gasteiger partial charge on any atom is 0.573 e. The van der Waals surface area contributed by atoms with Crippen molar-refractivity contribution in [3.63, 3.8) is 0 Å². The van der Waals surface area contributed by atoms with Gasteiger partial charge in [-0.2, -0.15) is 0 Å². The van der Waals surface area contributed by atoms with Gasteiger partial charge in [-0.05, 0) is 86.3 Å². The number of urea groups is 1. The molecular weight excluding hydrogens is 523 g/mol. The molecule has 1 aliphatic carbocycles. The number of rotatable bonds is 7. The van der Waals surface area contributed by atoms with E-state index in [1.807, 2.05) is 6.07 Å². The van der Waals surface area contributed by atoms with Crippen LogP contribution in [0, 0.1) is 5.92 Å². The van der Waals surface area contributed by atoms with Gasteiger partial charge < -0.3 is 31.0 Å². The molecule has 1 atom stereocenters. The van der Waals surface area contributed by atoms with Gasteiger partial charge >= 0.3 is 12.4 Å². The Morgan fingerprint density at radius 2 is 1.65 bits per heavy atom. The number of amides is 3. The molecule has 0 radical (unpaired) electrons. The fraction of sp³-hybridized carbons (Fsp3) is 0.448. The molecule has 5 rings (SSSR count). The Bertz CT molecular complexity index is 1310. The Morgan fingerprint density at radius 3 is 2.30 bits per heavy atom. The van der Waals surface area contributed by atoms with Crippen LogP contribution < -0.4 is 21.1 Å². The van der Waals surface area contributed by atoms with E-state index in [2.05, 4.69) is 44.8 Å². The second kappa shape index (κ2) is 11.8. The predicted octanol–water partition coefficient (Wildman–Crippen LogP) is 5.48. The van der Waals surface area contributed by atoms with E-state index in [1.54, 1.807) is 4.90 Å². The number of aromatic amines is 1. The topological polar surface area (TPSA) is 112 Å². The van der Waals surface area contributed by atoms with E-state index in [-0.39, 0.29) is 29.6 Å². The number of aromatic nitrogens is 1. The van der Waals surface area contributed by atoms with Gasteiger partial charge in [0.25, 0.3) is 0 Å². The number of hydrogen-bond donors (Lipinski definition) is 4. The number of anilines is 1. The number of ether oxygens (including phenoxy) is 1. The lowest BCUT2D eigenvalue weighted by Gasteiger charge is -2.38. The fourth-order valence-electron chi connectivity index (χ4n) is 6.09. The number of fused-ring (bicyclic) bond motifs is 1. The van der Waals surface area contributed by atoms with Gasteiger partial charge in [-0.3, -0.25) is 4.79 Å². The minimum Gasteiger partial charge on any atom is -0.406 e. The summed E-state index contributed by atoms with van der Waals surface area (Å²) in [5.74, 6) is -0.228. The highest BCUT2D eigenvalue weighted by Crippen LogP contribution is 2.37. The Hall–Kier alpha value is -3.73. The maximum atomic E-state index is 12.7. The lowest BCUT2D eigenvalue weighted by molar-refractivity contribution is -0.274. The summed E-state index contributed by atoms with van der Waals surface area (Å²) in [6.45, 7) is 0.898. The van der Waals surface area contributed by atoms with E-state index in [1.165, 1.54) is 23.1 Å². The second-order valence-corrected chi connectivity index (χ2v) is 10.7. The molecule has 2 fully saturated rings. The highest BCUT2D eigenvalue weighted by atomic mass is 19.4. The van der Waals surface area contributed by atoms with Crippen molar-refractivity contribution in [1.29, 1.82) is 0 Å². The fourth-order valence-corrected chi connectivity index (χ4v) is 6.09. The number of carbonyl (C=O) groups is 2. The molecule has 11 heteroatoms. The van der Waals surface area contributed by atoms with Crippen LogP contribution in [-0.2, 0) is 4.79 Å². The van der Waals surface area contributed by atoms with Gasteiger partial charge in [0.05, 0.1) is 6.04 Å². The van der Waals surface area contributed by atoms with Gasteiger partial charge in [0.2, 0.25) is 5.91 Å². The van der Waals surface area contributed by atoms with Gasteiger partial charge in [-0.25, -0.2) is 4.79 Å². The maximum absolute atomic E-state index is 12.7. The number of halogens is 3. The number of nitrogens with one attached hydrogen (secondary N) is 3. The Balaban J connectivity index is 1.10. The third-order valence-corrected chi connectivity index (χ3v) is 8.15. The van der Waals surface area contributed by atoms with Gasteiger partial charge in [0.15, 0.2) is 0 Å². The van der Waals surface area contributed by atoms with Crippen LogP contribution in [-0.4, -0.2) is 53.4 Å². The van der Waals surface area contributed by atoms with Crippen LogP contribution in [0.25, 0.3) is 10.9 Å². The van der Waals surface area contributed by atoms with Crippen LogP contribution in [0.4, 0.5) is 23.7 Å². The molecule has 1 saturated carbocycles. The van der Waals surface area contributed by atoms with Crippen molar-refractivity contribution in [3.8, 4) is 5.75 Å². The van der Waals surface area contributed by atoms with Gasteiger partial charge in [0.1, 0.15) is 5.75 Å². The van der Waals surface area contributed by atoms with Gasteiger partial charge in [-0.15, -0.1) is 13.2 Å². The molecule has 214 valence electrons. The molecule has 1 saturated heterocycles. The highest BCUT2D eigenvalue weighted by Gasteiger charge is 2.34. The first kappa shape index (κ1) is 27.8. The van der Waals surface area contributed by atoms with Crippen molar-refractivity contribution in [2.45, 2.75) is 62.9 Å². The zero-order valence-corrected chi connectivity index (χ0v) is 22.0. The number of para-hydroxylation sites is 1. The smallest absolute Gasteiger partial charge is 0.406 e. The first-order valence-electron chi connectivity index (χ1n) is 13.7. The molecule has 3 aromatic rings. The number of likely N-dealkylation sites (tertiary alicyclic amines) is 1. The summed E-state index contributed by atoms with van der Waals surface area (Å²) in [6.07, 6.45) is 2.58.